The summed E-state index contributed by atoms with van der Waals surface area (Å²) >= 11 is 12.1. The molecule has 2 N–H and O–H groups in total. The van der Waals surface area contributed by atoms with Crippen LogP contribution in [0.3, 0.4) is 0 Å². The summed E-state index contributed by atoms with van der Waals surface area (Å²) in [6.45, 7) is 1.93. The second kappa shape index (κ2) is 4.24. The lowest BCUT2D eigenvalue weighted by Gasteiger charge is -2.30. The smallest absolute Gasteiger partial charge is 0.325 e. The number of aliphatic carboxylic acids is 1. The second-order valence-corrected chi connectivity index (χ2v) is 4.78. The largest absolute Gasteiger partial charge is 0.480 e. The molecule has 0 aromatic heterocycles. The van der Waals surface area contributed by atoms with E-state index in [0.717, 1.165) is 5.56 Å². The predicted molar refractivity (Wildman–Crippen MR) is 63.1 cm³/mol. The molecule has 1 heterocycles. The minimum absolute atomic E-state index is 0.0737. The van der Waals surface area contributed by atoms with Crippen LogP contribution in [0.25, 0.3) is 0 Å². The Morgan fingerprint density at radius 2 is 2.06 bits per heavy atom. The second-order valence-electron chi connectivity index (χ2n) is 3.96. The molecule has 16 heavy (non-hydrogen) atoms. The standard InChI is InChI=1S/C11H11Cl2NO2/c1-5-4-6-7(12)2-3-8(13)9(6)10(14-5)11(15)16/h2-3,5,10,14H,4H2,1H3,(H,15,16). The number of carboxylic acids is 1. The molecule has 1 aliphatic rings. The van der Waals surface area contributed by atoms with Gasteiger partial charge in [0.25, 0.3) is 0 Å². The molecule has 1 aliphatic heterocycles. The Kier molecular flexibility index (Phi) is 3.10. The summed E-state index contributed by atoms with van der Waals surface area (Å²) in [6.07, 6.45) is 0.693. The van der Waals surface area contributed by atoms with Gasteiger partial charge in [-0.15, -0.1) is 0 Å². The van der Waals surface area contributed by atoms with Gasteiger partial charge in [0, 0.05) is 21.7 Å². The van der Waals surface area contributed by atoms with Crippen molar-refractivity contribution in [3.8, 4) is 0 Å². The molecule has 1 aromatic rings. The summed E-state index contributed by atoms with van der Waals surface area (Å²) in [5.74, 6) is -0.933. The van der Waals surface area contributed by atoms with E-state index in [-0.39, 0.29) is 6.04 Å². The molecule has 0 amide bonds. The molecule has 3 nitrogen and oxygen atoms in total. The maximum atomic E-state index is 11.2. The number of nitrogens with one attached hydrogen (secondary N) is 1. The molecule has 0 saturated heterocycles. The Bertz CT molecular complexity index is 448. The molecule has 0 aliphatic carbocycles. The molecular weight excluding hydrogens is 249 g/mol. The maximum absolute atomic E-state index is 11.2. The zero-order valence-corrected chi connectivity index (χ0v) is 10.1. The topological polar surface area (TPSA) is 49.3 Å². The summed E-state index contributed by atoms with van der Waals surface area (Å²) in [4.78, 5) is 11.2. The summed E-state index contributed by atoms with van der Waals surface area (Å²) in [6, 6.07) is 2.64. The minimum atomic E-state index is -0.933. The van der Waals surface area contributed by atoms with Gasteiger partial charge >= 0.3 is 5.97 Å². The van der Waals surface area contributed by atoms with E-state index in [1.807, 2.05) is 6.92 Å². The SMILES string of the molecule is CC1Cc2c(Cl)ccc(Cl)c2C(C(=O)O)N1. The van der Waals surface area contributed by atoms with E-state index in [4.69, 9.17) is 28.3 Å². The van der Waals surface area contributed by atoms with Gasteiger partial charge in [-0.1, -0.05) is 23.2 Å². The van der Waals surface area contributed by atoms with Crippen LogP contribution in [0.5, 0.6) is 0 Å². The third-order valence-corrected chi connectivity index (χ3v) is 3.43. The summed E-state index contributed by atoms with van der Waals surface area (Å²) in [7, 11) is 0. The maximum Gasteiger partial charge on any atom is 0.325 e. The first kappa shape index (κ1) is 11.7. The molecule has 86 valence electrons. The van der Waals surface area contributed by atoms with Gasteiger partial charge in [-0.05, 0) is 31.0 Å². The van der Waals surface area contributed by atoms with Gasteiger partial charge in [0.1, 0.15) is 6.04 Å². The molecule has 2 atom stereocenters. The number of fused-ring (bicyclic) bond motifs is 1. The van der Waals surface area contributed by atoms with Gasteiger partial charge in [-0.2, -0.15) is 0 Å². The van der Waals surface area contributed by atoms with Crippen LogP contribution in [0.15, 0.2) is 12.1 Å². The number of carboxylic acid groups (broad SMARTS) is 1. The van der Waals surface area contributed by atoms with Crippen LogP contribution in [-0.4, -0.2) is 17.1 Å². The van der Waals surface area contributed by atoms with E-state index in [1.54, 1.807) is 12.1 Å². The first-order valence-corrected chi connectivity index (χ1v) is 5.72. The van der Waals surface area contributed by atoms with Gasteiger partial charge in [0.05, 0.1) is 0 Å². The molecule has 2 unspecified atom stereocenters. The molecular formula is C11H11Cl2NO2. The fraction of sp³-hybridized carbons (Fsp3) is 0.364. The van der Waals surface area contributed by atoms with Crippen molar-refractivity contribution >= 4 is 29.2 Å². The van der Waals surface area contributed by atoms with Gasteiger partial charge < -0.3 is 5.11 Å². The van der Waals surface area contributed by atoms with Crippen molar-refractivity contribution in [1.82, 2.24) is 5.32 Å². The van der Waals surface area contributed by atoms with Gasteiger partial charge in [0.15, 0.2) is 0 Å². The average Bonchev–Trinajstić information content (AvgIpc) is 2.22. The van der Waals surface area contributed by atoms with Crippen LogP contribution in [-0.2, 0) is 11.2 Å². The molecule has 2 rings (SSSR count). The van der Waals surface area contributed by atoms with Crippen LogP contribution in [0.2, 0.25) is 10.0 Å². The molecule has 5 heteroatoms. The first-order valence-electron chi connectivity index (χ1n) is 4.96. The van der Waals surface area contributed by atoms with Crippen molar-refractivity contribution < 1.29 is 9.90 Å². The van der Waals surface area contributed by atoms with E-state index in [2.05, 4.69) is 5.32 Å². The lowest BCUT2D eigenvalue weighted by Crippen LogP contribution is -2.41. The van der Waals surface area contributed by atoms with Gasteiger partial charge in [-0.3, -0.25) is 10.1 Å². The van der Waals surface area contributed by atoms with Crippen molar-refractivity contribution in [2.24, 2.45) is 0 Å². The van der Waals surface area contributed by atoms with E-state index < -0.39 is 12.0 Å². The van der Waals surface area contributed by atoms with Crippen LogP contribution in [0.1, 0.15) is 24.1 Å². The Hall–Kier alpha value is -0.770. The summed E-state index contributed by atoms with van der Waals surface area (Å²) in [5.41, 5.74) is 1.44. The van der Waals surface area contributed by atoms with E-state index in [9.17, 15) is 4.79 Å². The monoisotopic (exact) mass is 259 g/mol. The Labute approximate surface area is 103 Å². The van der Waals surface area contributed by atoms with Crippen molar-refractivity contribution in [3.05, 3.63) is 33.3 Å². The molecule has 0 spiro atoms. The average molecular weight is 260 g/mol. The zero-order chi connectivity index (χ0) is 11.9. The minimum Gasteiger partial charge on any atom is -0.480 e. The highest BCUT2D eigenvalue weighted by atomic mass is 35.5. The predicted octanol–water partition coefficient (Wildman–Crippen LogP) is 2.65. The first-order chi connectivity index (χ1) is 7.50. The van der Waals surface area contributed by atoms with Crippen LogP contribution in [0.4, 0.5) is 0 Å². The normalized spacial score (nSPS) is 23.9. The van der Waals surface area contributed by atoms with Crippen LogP contribution < -0.4 is 5.32 Å². The fourth-order valence-electron chi connectivity index (χ4n) is 2.06. The lowest BCUT2D eigenvalue weighted by atomic mass is 9.90. The van der Waals surface area contributed by atoms with Crippen molar-refractivity contribution in [2.75, 3.05) is 0 Å². The molecule has 0 radical (unpaired) electrons. The number of benzene rings is 1. The van der Waals surface area contributed by atoms with E-state index >= 15 is 0 Å². The van der Waals surface area contributed by atoms with Gasteiger partial charge in [-0.25, -0.2) is 0 Å². The van der Waals surface area contributed by atoms with Crippen molar-refractivity contribution in [3.63, 3.8) is 0 Å². The highest BCUT2D eigenvalue weighted by Crippen LogP contribution is 2.36. The van der Waals surface area contributed by atoms with E-state index in [1.165, 1.54) is 0 Å². The van der Waals surface area contributed by atoms with Crippen LogP contribution in [0, 0.1) is 0 Å². The van der Waals surface area contributed by atoms with Crippen molar-refractivity contribution in [2.45, 2.75) is 25.4 Å². The highest BCUT2D eigenvalue weighted by molar-refractivity contribution is 6.34. The number of hydrogen-bond acceptors (Lipinski definition) is 2. The Morgan fingerprint density at radius 1 is 1.44 bits per heavy atom. The molecule has 0 saturated carbocycles. The number of hydrogen-bond donors (Lipinski definition) is 2. The zero-order valence-electron chi connectivity index (χ0n) is 8.63. The Morgan fingerprint density at radius 3 is 2.69 bits per heavy atom. The lowest BCUT2D eigenvalue weighted by molar-refractivity contribution is -0.140. The third-order valence-electron chi connectivity index (χ3n) is 2.74. The quantitative estimate of drug-likeness (QED) is 0.816. The molecule has 0 bridgehead atoms. The van der Waals surface area contributed by atoms with E-state index in [0.29, 0.717) is 22.0 Å². The molecule has 1 aromatic carbocycles. The van der Waals surface area contributed by atoms with Crippen LogP contribution >= 0.6 is 23.2 Å². The number of carbonyl (C=O) groups is 1. The van der Waals surface area contributed by atoms with Crippen molar-refractivity contribution in [1.29, 1.82) is 0 Å². The number of halogens is 2. The molecule has 0 fully saturated rings. The Balaban J connectivity index is 2.60. The van der Waals surface area contributed by atoms with Gasteiger partial charge in [0.2, 0.25) is 0 Å². The highest BCUT2D eigenvalue weighted by Gasteiger charge is 2.32. The summed E-state index contributed by atoms with van der Waals surface area (Å²) in [5, 5.41) is 13.2. The number of rotatable bonds is 1. The third kappa shape index (κ3) is 1.90. The summed E-state index contributed by atoms with van der Waals surface area (Å²) < 4.78 is 0. The fourth-order valence-corrected chi connectivity index (χ4v) is 2.58.